The molecule has 1 amide bonds. The highest BCUT2D eigenvalue weighted by Gasteiger charge is 2.28. The normalized spacial score (nSPS) is 14.4. The van der Waals surface area contributed by atoms with Crippen LogP contribution in [-0.2, 0) is 18.4 Å². The molecule has 0 bridgehead atoms. The Kier molecular flexibility index (Phi) is 54.7. The third-order valence-electron chi connectivity index (χ3n) is 13.9. The Morgan fingerprint density at radius 1 is 0.467 bits per heavy atom. The van der Waals surface area contributed by atoms with E-state index in [2.05, 4.69) is 104 Å². The zero-order valence-corrected chi connectivity index (χ0v) is 50.7. The van der Waals surface area contributed by atoms with Crippen LogP contribution in [0.15, 0.2) is 85.1 Å². The smallest absolute Gasteiger partial charge is 0.391 e. The lowest BCUT2D eigenvalue weighted by molar-refractivity contribution is -0.870. The van der Waals surface area contributed by atoms with Gasteiger partial charge in [-0.25, -0.2) is 4.57 Å². The molecule has 8 nitrogen and oxygen atoms in total. The summed E-state index contributed by atoms with van der Waals surface area (Å²) in [7, 11) is 1.60. The molecule has 0 rings (SSSR count). The van der Waals surface area contributed by atoms with Gasteiger partial charge in [0, 0.05) is 6.42 Å². The molecule has 0 aromatic carbocycles. The van der Waals surface area contributed by atoms with Crippen molar-refractivity contribution >= 4 is 13.7 Å². The monoisotopic (exact) mass is 1070 g/mol. The summed E-state index contributed by atoms with van der Waals surface area (Å²) in [5.74, 6) is -0.163. The molecule has 9 heteroatoms. The third-order valence-corrected chi connectivity index (χ3v) is 14.9. The number of phosphoric acid groups is 1. The van der Waals surface area contributed by atoms with Gasteiger partial charge in [-0.1, -0.05) is 285 Å². The first-order chi connectivity index (χ1) is 36.5. The molecule has 436 valence electrons. The fourth-order valence-corrected chi connectivity index (χ4v) is 9.76. The summed E-state index contributed by atoms with van der Waals surface area (Å²) in [5.41, 5.74) is 0. The highest BCUT2D eigenvalue weighted by atomic mass is 31.2. The zero-order valence-electron chi connectivity index (χ0n) is 49.8. The van der Waals surface area contributed by atoms with Crippen LogP contribution in [0.25, 0.3) is 0 Å². The minimum atomic E-state index is -4.34. The van der Waals surface area contributed by atoms with Gasteiger partial charge in [-0.3, -0.25) is 13.8 Å². The number of aliphatic hydroxyl groups is 1. The number of nitrogens with zero attached hydrogens (tertiary/aromatic N) is 1. The molecule has 0 radical (unpaired) electrons. The van der Waals surface area contributed by atoms with Crippen molar-refractivity contribution in [3.63, 3.8) is 0 Å². The number of allylic oxidation sites excluding steroid dienone is 14. The Hall–Kier alpha value is -2.32. The van der Waals surface area contributed by atoms with Crippen LogP contribution in [0.1, 0.15) is 277 Å². The number of hydrogen-bond acceptors (Lipinski definition) is 5. The second-order valence-electron chi connectivity index (χ2n) is 22.4. The summed E-state index contributed by atoms with van der Waals surface area (Å²) in [6.07, 6.45) is 79.4. The van der Waals surface area contributed by atoms with Crippen LogP contribution in [0.4, 0.5) is 0 Å². The van der Waals surface area contributed by atoms with Crippen molar-refractivity contribution in [1.82, 2.24) is 5.32 Å². The SMILES string of the molecule is CC/C=C\C/C=C\C/C=C\C/C=C\C/C=C\C/C=C\C/C=C\CCCCCCCC(=O)NC(COP(=O)(O)OCC[N+](C)(C)C)C(O)CCCCCCCCCCCCCCCCCCCCCCCCCCCC. The lowest BCUT2D eigenvalue weighted by Crippen LogP contribution is -2.46. The molecule has 0 aliphatic carbocycles. The summed E-state index contributed by atoms with van der Waals surface area (Å²) in [4.78, 5) is 23.4. The van der Waals surface area contributed by atoms with Crippen LogP contribution < -0.4 is 5.32 Å². The molecule has 3 unspecified atom stereocenters. The number of hydrogen-bond donors (Lipinski definition) is 3. The largest absolute Gasteiger partial charge is 0.472 e. The minimum Gasteiger partial charge on any atom is -0.391 e. The topological polar surface area (TPSA) is 105 Å². The van der Waals surface area contributed by atoms with E-state index in [0.717, 1.165) is 103 Å². The number of rotatable bonds is 57. The standard InChI is InChI=1S/C66H121N2O6P/c1-6-8-10-12-14-16-18-20-22-24-26-28-30-32-34-36-38-40-42-44-46-48-50-52-54-56-58-60-66(70)67-64(63-74-75(71,72)73-62-61-68(3,4)5)65(69)59-57-55-53-51-49-47-45-43-41-39-37-35-33-31-29-27-25-23-21-19-17-15-13-11-9-7-2/h8,10,14,16,20,22,26,28,32,34,38,40,44,46,64-65,69H,6-7,9,11-13,15,17-19,21,23-25,27,29-31,33,35-37,39,41-43,45,47-63H2,1-5H3,(H-,67,70,71,72)/p+1/b10-8-,16-14-,22-20-,28-26-,34-32-,40-38-,46-44-. The molecule has 0 aliphatic heterocycles. The van der Waals surface area contributed by atoms with Crippen LogP contribution in [0.2, 0.25) is 0 Å². The third kappa shape index (κ3) is 59.2. The first kappa shape index (κ1) is 72.7. The van der Waals surface area contributed by atoms with E-state index >= 15 is 0 Å². The van der Waals surface area contributed by atoms with E-state index in [-0.39, 0.29) is 19.1 Å². The van der Waals surface area contributed by atoms with E-state index in [1.165, 1.54) is 148 Å². The molecular formula is C66H122N2O6P+. The van der Waals surface area contributed by atoms with E-state index in [1.54, 1.807) is 0 Å². The maximum absolute atomic E-state index is 13.0. The van der Waals surface area contributed by atoms with Crippen LogP contribution >= 0.6 is 7.82 Å². The fraction of sp³-hybridized carbons (Fsp3) is 0.773. The number of aliphatic hydroxyl groups excluding tert-OH is 1. The Balaban J connectivity index is 4.19. The molecule has 75 heavy (non-hydrogen) atoms. The van der Waals surface area contributed by atoms with Gasteiger partial charge in [0.25, 0.3) is 0 Å². The summed E-state index contributed by atoms with van der Waals surface area (Å²) >= 11 is 0. The molecule has 0 saturated heterocycles. The van der Waals surface area contributed by atoms with Crippen molar-refractivity contribution in [3.05, 3.63) is 85.1 Å². The van der Waals surface area contributed by atoms with Crippen LogP contribution in [0.3, 0.4) is 0 Å². The van der Waals surface area contributed by atoms with Crippen molar-refractivity contribution < 1.29 is 32.9 Å². The average molecular weight is 1070 g/mol. The lowest BCUT2D eigenvalue weighted by Gasteiger charge is -2.26. The predicted molar refractivity (Wildman–Crippen MR) is 327 cm³/mol. The summed E-state index contributed by atoms with van der Waals surface area (Å²) in [6, 6.07) is -0.779. The van der Waals surface area contributed by atoms with E-state index < -0.39 is 20.0 Å². The number of likely N-dealkylation sites (N-methyl/N-ethyl adjacent to an activating group) is 1. The summed E-state index contributed by atoms with van der Waals surface area (Å²) in [5, 5.41) is 14.1. The Morgan fingerprint density at radius 2 is 0.800 bits per heavy atom. The van der Waals surface area contributed by atoms with E-state index in [4.69, 9.17) is 9.05 Å². The molecule has 3 atom stereocenters. The molecular weight excluding hydrogens is 948 g/mol. The van der Waals surface area contributed by atoms with Gasteiger partial charge in [-0.2, -0.15) is 0 Å². The lowest BCUT2D eigenvalue weighted by atomic mass is 10.0. The van der Waals surface area contributed by atoms with Gasteiger partial charge in [0.2, 0.25) is 5.91 Å². The fourth-order valence-electron chi connectivity index (χ4n) is 9.03. The molecule has 0 saturated carbocycles. The van der Waals surface area contributed by atoms with Gasteiger partial charge in [0.05, 0.1) is 39.9 Å². The van der Waals surface area contributed by atoms with Crippen LogP contribution in [0, 0.1) is 0 Å². The quantitative estimate of drug-likeness (QED) is 0.0243. The second-order valence-corrected chi connectivity index (χ2v) is 23.9. The maximum atomic E-state index is 13.0. The van der Waals surface area contributed by atoms with Gasteiger partial charge < -0.3 is 19.8 Å². The van der Waals surface area contributed by atoms with Crippen molar-refractivity contribution in [2.75, 3.05) is 40.9 Å². The summed E-state index contributed by atoms with van der Waals surface area (Å²) in [6.45, 7) is 4.78. The number of carbonyl (C=O) groups excluding carboxylic acids is 1. The Morgan fingerprint density at radius 3 is 1.17 bits per heavy atom. The first-order valence-electron chi connectivity index (χ1n) is 31.5. The number of quaternary nitrogens is 1. The number of carbonyl (C=O) groups is 1. The Labute approximate surface area is 465 Å². The van der Waals surface area contributed by atoms with Gasteiger partial charge in [0.15, 0.2) is 0 Å². The van der Waals surface area contributed by atoms with Crippen molar-refractivity contribution in [2.45, 2.75) is 289 Å². The van der Waals surface area contributed by atoms with Crippen LogP contribution in [0.5, 0.6) is 0 Å². The molecule has 0 spiro atoms. The molecule has 0 aromatic rings. The first-order valence-corrected chi connectivity index (χ1v) is 32.9. The van der Waals surface area contributed by atoms with Crippen LogP contribution in [-0.4, -0.2) is 73.4 Å². The average Bonchev–Trinajstić information content (AvgIpc) is 3.37. The number of nitrogens with one attached hydrogen (secondary N) is 1. The van der Waals surface area contributed by atoms with Gasteiger partial charge in [-0.15, -0.1) is 0 Å². The highest BCUT2D eigenvalue weighted by molar-refractivity contribution is 7.47. The number of phosphoric ester groups is 1. The van der Waals surface area contributed by atoms with E-state index in [0.29, 0.717) is 23.9 Å². The van der Waals surface area contributed by atoms with Crippen molar-refractivity contribution in [3.8, 4) is 0 Å². The molecule has 3 N–H and O–H groups in total. The van der Waals surface area contributed by atoms with Gasteiger partial charge in [-0.05, 0) is 70.6 Å². The molecule has 0 heterocycles. The molecule has 0 aromatic heterocycles. The predicted octanol–water partition coefficient (Wildman–Crippen LogP) is 19.6. The molecule has 0 fully saturated rings. The number of unbranched alkanes of at least 4 members (excludes halogenated alkanes) is 30. The van der Waals surface area contributed by atoms with Gasteiger partial charge >= 0.3 is 7.82 Å². The van der Waals surface area contributed by atoms with Gasteiger partial charge in [0.1, 0.15) is 13.2 Å². The summed E-state index contributed by atoms with van der Waals surface area (Å²) < 4.78 is 23.8. The highest BCUT2D eigenvalue weighted by Crippen LogP contribution is 2.43. The Bertz CT molecular complexity index is 1500. The zero-order chi connectivity index (χ0) is 54.9. The van der Waals surface area contributed by atoms with Crippen molar-refractivity contribution in [2.24, 2.45) is 0 Å². The van der Waals surface area contributed by atoms with Crippen molar-refractivity contribution in [1.29, 1.82) is 0 Å². The maximum Gasteiger partial charge on any atom is 0.472 e. The second kappa shape index (κ2) is 56.4. The molecule has 0 aliphatic rings. The van der Waals surface area contributed by atoms with E-state index in [9.17, 15) is 19.4 Å². The number of amides is 1. The minimum absolute atomic E-state index is 0.0665. The van der Waals surface area contributed by atoms with E-state index in [1.807, 2.05) is 21.1 Å².